The molecule has 0 aromatic carbocycles. The molecule has 3 heteroatoms. The Labute approximate surface area is 112 Å². The van der Waals surface area contributed by atoms with Gasteiger partial charge in [0.15, 0.2) is 0 Å². The Hall–Kier alpha value is -0.120. The zero-order valence-electron chi connectivity index (χ0n) is 12.6. The van der Waals surface area contributed by atoms with Crippen molar-refractivity contribution in [1.29, 1.82) is 0 Å². The second-order valence-corrected chi connectivity index (χ2v) is 7.02. The Morgan fingerprint density at radius 1 is 1.28 bits per heavy atom. The van der Waals surface area contributed by atoms with Crippen molar-refractivity contribution >= 4 is 0 Å². The summed E-state index contributed by atoms with van der Waals surface area (Å²) in [4.78, 5) is 2.30. The number of rotatable bonds is 4. The molecule has 2 aliphatic rings. The molecule has 3 nitrogen and oxygen atoms in total. The monoisotopic (exact) mass is 254 g/mol. The van der Waals surface area contributed by atoms with Crippen LogP contribution in [0.3, 0.4) is 0 Å². The first-order valence-corrected chi connectivity index (χ1v) is 7.48. The average Bonchev–Trinajstić information content (AvgIpc) is 2.75. The lowest BCUT2D eigenvalue weighted by Gasteiger charge is -2.41. The van der Waals surface area contributed by atoms with Crippen LogP contribution in [-0.4, -0.2) is 49.3 Å². The molecule has 1 atom stereocenters. The predicted octanol–water partition coefficient (Wildman–Crippen LogP) is 2.41. The highest BCUT2D eigenvalue weighted by molar-refractivity contribution is 4.94. The van der Waals surface area contributed by atoms with E-state index in [1.54, 1.807) is 0 Å². The number of hydrogen-bond donors (Lipinski definition) is 1. The normalized spacial score (nSPS) is 28.2. The van der Waals surface area contributed by atoms with Crippen molar-refractivity contribution in [2.24, 2.45) is 0 Å². The molecule has 2 fully saturated rings. The van der Waals surface area contributed by atoms with E-state index in [1.807, 2.05) is 0 Å². The van der Waals surface area contributed by atoms with Crippen LogP contribution in [0.25, 0.3) is 0 Å². The summed E-state index contributed by atoms with van der Waals surface area (Å²) in [5.41, 5.74) is 0.458. The number of likely N-dealkylation sites (N-methyl/N-ethyl adjacent to an activating group) is 1. The summed E-state index contributed by atoms with van der Waals surface area (Å²) >= 11 is 0. The maximum Gasteiger partial charge on any atom is 0.0697 e. The van der Waals surface area contributed by atoms with Crippen molar-refractivity contribution in [3.05, 3.63) is 0 Å². The van der Waals surface area contributed by atoms with Gasteiger partial charge in [-0.3, -0.25) is 0 Å². The van der Waals surface area contributed by atoms with Gasteiger partial charge in [-0.15, -0.1) is 0 Å². The average molecular weight is 254 g/mol. The fourth-order valence-corrected chi connectivity index (χ4v) is 3.12. The van der Waals surface area contributed by atoms with Gasteiger partial charge in [0.2, 0.25) is 0 Å². The minimum atomic E-state index is 0.223. The Balaban J connectivity index is 1.83. The zero-order valence-corrected chi connectivity index (χ0v) is 12.6. The van der Waals surface area contributed by atoms with Gasteiger partial charge in [-0.1, -0.05) is 12.8 Å². The van der Waals surface area contributed by atoms with E-state index in [-0.39, 0.29) is 11.1 Å². The van der Waals surface area contributed by atoms with Crippen LogP contribution in [0.2, 0.25) is 0 Å². The van der Waals surface area contributed by atoms with Gasteiger partial charge in [0.05, 0.1) is 5.60 Å². The fraction of sp³-hybridized carbons (Fsp3) is 1.00. The van der Waals surface area contributed by atoms with Gasteiger partial charge in [-0.05, 0) is 53.6 Å². The molecule has 0 amide bonds. The summed E-state index contributed by atoms with van der Waals surface area (Å²) in [6, 6.07) is 0.649. The van der Waals surface area contributed by atoms with Crippen LogP contribution in [0.4, 0.5) is 0 Å². The van der Waals surface area contributed by atoms with Gasteiger partial charge in [-0.2, -0.15) is 0 Å². The third kappa shape index (κ3) is 3.25. The van der Waals surface area contributed by atoms with E-state index in [1.165, 1.54) is 38.5 Å². The molecule has 0 bridgehead atoms. The minimum absolute atomic E-state index is 0.223. The molecule has 1 heterocycles. The highest BCUT2D eigenvalue weighted by atomic mass is 16.5. The SMILES string of the molecule is CN(C)C(C)(C)CNC1CCOC2(CCCC2)C1. The Bertz CT molecular complexity index is 270. The van der Waals surface area contributed by atoms with Gasteiger partial charge in [0, 0.05) is 24.7 Å². The van der Waals surface area contributed by atoms with Crippen LogP contribution < -0.4 is 5.32 Å². The molecule has 0 radical (unpaired) electrons. The summed E-state index contributed by atoms with van der Waals surface area (Å²) in [5, 5.41) is 3.77. The lowest BCUT2D eigenvalue weighted by atomic mass is 9.88. The molecule has 1 aliphatic carbocycles. The number of hydrogen-bond acceptors (Lipinski definition) is 3. The van der Waals surface area contributed by atoms with Crippen LogP contribution in [0.15, 0.2) is 0 Å². The van der Waals surface area contributed by atoms with E-state index in [4.69, 9.17) is 4.74 Å². The molecule has 106 valence electrons. The maximum absolute atomic E-state index is 6.09. The summed E-state index contributed by atoms with van der Waals surface area (Å²) in [6.45, 7) is 6.59. The summed E-state index contributed by atoms with van der Waals surface area (Å²) < 4.78 is 6.09. The summed E-state index contributed by atoms with van der Waals surface area (Å²) in [6.07, 6.45) is 7.66. The Morgan fingerprint density at radius 2 is 1.94 bits per heavy atom. The third-order valence-electron chi connectivity index (χ3n) is 5.04. The molecule has 18 heavy (non-hydrogen) atoms. The van der Waals surface area contributed by atoms with E-state index in [9.17, 15) is 0 Å². The molecule has 0 aromatic heterocycles. The standard InChI is InChI=1S/C15H30N2O/c1-14(2,17(3)4)12-16-13-7-10-18-15(11-13)8-5-6-9-15/h13,16H,5-12H2,1-4H3. The van der Waals surface area contributed by atoms with Crippen LogP contribution in [-0.2, 0) is 4.74 Å². The van der Waals surface area contributed by atoms with Gasteiger partial charge in [0.1, 0.15) is 0 Å². The van der Waals surface area contributed by atoms with E-state index < -0.39 is 0 Å². The van der Waals surface area contributed by atoms with Crippen LogP contribution in [0, 0.1) is 0 Å². The first kappa shape index (κ1) is 14.3. The van der Waals surface area contributed by atoms with Crippen molar-refractivity contribution < 1.29 is 4.74 Å². The van der Waals surface area contributed by atoms with E-state index >= 15 is 0 Å². The highest BCUT2D eigenvalue weighted by Gasteiger charge is 2.40. The predicted molar refractivity (Wildman–Crippen MR) is 75.9 cm³/mol. The molecule has 1 saturated carbocycles. The number of ether oxygens (including phenoxy) is 1. The molecule has 1 N–H and O–H groups in total. The highest BCUT2D eigenvalue weighted by Crippen LogP contribution is 2.39. The third-order valence-corrected chi connectivity index (χ3v) is 5.04. The first-order valence-electron chi connectivity index (χ1n) is 7.48. The van der Waals surface area contributed by atoms with E-state index in [0.717, 1.165) is 13.2 Å². The first-order chi connectivity index (χ1) is 8.44. The van der Waals surface area contributed by atoms with Crippen molar-refractivity contribution in [1.82, 2.24) is 10.2 Å². The lowest BCUT2D eigenvalue weighted by Crippen LogP contribution is -2.52. The largest absolute Gasteiger partial charge is 0.375 e. The van der Waals surface area contributed by atoms with Crippen LogP contribution in [0.5, 0.6) is 0 Å². The van der Waals surface area contributed by atoms with Crippen LogP contribution >= 0.6 is 0 Å². The maximum atomic E-state index is 6.09. The molecule has 0 aromatic rings. The van der Waals surface area contributed by atoms with E-state index in [0.29, 0.717) is 6.04 Å². The van der Waals surface area contributed by atoms with E-state index in [2.05, 4.69) is 38.2 Å². The Kier molecular flexibility index (Phi) is 4.35. The molecular weight excluding hydrogens is 224 g/mol. The van der Waals surface area contributed by atoms with Gasteiger partial charge < -0.3 is 15.0 Å². The summed E-state index contributed by atoms with van der Waals surface area (Å²) in [7, 11) is 4.31. The lowest BCUT2D eigenvalue weighted by molar-refractivity contribution is -0.0844. The van der Waals surface area contributed by atoms with Gasteiger partial charge >= 0.3 is 0 Å². The van der Waals surface area contributed by atoms with Gasteiger partial charge in [-0.25, -0.2) is 0 Å². The minimum Gasteiger partial charge on any atom is -0.375 e. The number of nitrogens with one attached hydrogen (secondary N) is 1. The quantitative estimate of drug-likeness (QED) is 0.834. The van der Waals surface area contributed by atoms with Crippen molar-refractivity contribution in [3.63, 3.8) is 0 Å². The van der Waals surface area contributed by atoms with Crippen molar-refractivity contribution in [3.8, 4) is 0 Å². The van der Waals surface area contributed by atoms with Crippen molar-refractivity contribution in [2.75, 3.05) is 27.2 Å². The topological polar surface area (TPSA) is 24.5 Å². The molecule has 1 unspecified atom stereocenters. The second-order valence-electron chi connectivity index (χ2n) is 7.02. The molecule has 1 saturated heterocycles. The smallest absolute Gasteiger partial charge is 0.0697 e. The fourth-order valence-electron chi connectivity index (χ4n) is 3.12. The number of nitrogens with zero attached hydrogens (tertiary/aromatic N) is 1. The van der Waals surface area contributed by atoms with Crippen molar-refractivity contribution in [2.45, 2.75) is 69.6 Å². The Morgan fingerprint density at radius 3 is 2.56 bits per heavy atom. The molecular formula is C15H30N2O. The molecule has 1 aliphatic heterocycles. The van der Waals surface area contributed by atoms with Crippen LogP contribution in [0.1, 0.15) is 52.4 Å². The summed E-state index contributed by atoms with van der Waals surface area (Å²) in [5.74, 6) is 0. The molecule has 1 spiro atoms. The van der Waals surface area contributed by atoms with Gasteiger partial charge in [0.25, 0.3) is 0 Å². The zero-order chi connectivity index (χ0) is 13.2. The second kappa shape index (κ2) is 5.48. The molecule has 2 rings (SSSR count).